The molecule has 0 aliphatic heterocycles. The van der Waals surface area contributed by atoms with Crippen molar-refractivity contribution in [2.75, 3.05) is 26.8 Å². The topological polar surface area (TPSA) is 54.9 Å². The standard InChI is InChI=1S/C19H31N3O2/c1-4-23-17-11-10-15(14-18(17)24-5-2)12-13-21-19(20-3)22-16-8-6-7-9-16/h10-11,14,16H,4-9,12-13H2,1-3H3,(H2,20,21,22). The number of aliphatic imine (C=N–C) groups is 1. The molecule has 0 heterocycles. The van der Waals surface area contributed by atoms with Gasteiger partial charge in [-0.15, -0.1) is 0 Å². The van der Waals surface area contributed by atoms with E-state index in [4.69, 9.17) is 9.47 Å². The number of nitrogens with zero attached hydrogens (tertiary/aromatic N) is 1. The molecule has 5 heteroatoms. The van der Waals surface area contributed by atoms with Gasteiger partial charge >= 0.3 is 0 Å². The van der Waals surface area contributed by atoms with Crippen LogP contribution in [0.25, 0.3) is 0 Å². The van der Waals surface area contributed by atoms with Gasteiger partial charge in [0.15, 0.2) is 17.5 Å². The molecule has 0 aromatic heterocycles. The number of rotatable bonds is 8. The second kappa shape index (κ2) is 10.1. The number of nitrogens with one attached hydrogen (secondary N) is 2. The second-order valence-corrected chi connectivity index (χ2v) is 6.02. The first kappa shape index (κ1) is 18.4. The van der Waals surface area contributed by atoms with Gasteiger partial charge in [0.25, 0.3) is 0 Å². The normalized spacial score (nSPS) is 15.4. The maximum absolute atomic E-state index is 5.69. The Kier molecular flexibility index (Phi) is 7.72. The molecule has 5 nitrogen and oxygen atoms in total. The summed E-state index contributed by atoms with van der Waals surface area (Å²) < 4.78 is 11.3. The van der Waals surface area contributed by atoms with Crippen LogP contribution in [0, 0.1) is 0 Å². The molecule has 0 amide bonds. The molecule has 0 bridgehead atoms. The van der Waals surface area contributed by atoms with E-state index in [9.17, 15) is 0 Å². The Balaban J connectivity index is 1.85. The molecule has 134 valence electrons. The molecule has 1 fully saturated rings. The molecular formula is C19H31N3O2. The first-order valence-electron chi connectivity index (χ1n) is 9.12. The van der Waals surface area contributed by atoms with Crippen molar-refractivity contribution in [3.8, 4) is 11.5 Å². The number of guanidine groups is 1. The molecule has 24 heavy (non-hydrogen) atoms. The van der Waals surface area contributed by atoms with Crippen molar-refractivity contribution in [1.82, 2.24) is 10.6 Å². The molecule has 1 aromatic carbocycles. The Morgan fingerprint density at radius 2 is 1.83 bits per heavy atom. The van der Waals surface area contributed by atoms with Crippen LogP contribution in [0.1, 0.15) is 45.1 Å². The zero-order chi connectivity index (χ0) is 17.2. The van der Waals surface area contributed by atoms with Crippen molar-refractivity contribution >= 4 is 5.96 Å². The fraction of sp³-hybridized carbons (Fsp3) is 0.632. The zero-order valence-corrected chi connectivity index (χ0v) is 15.2. The van der Waals surface area contributed by atoms with Crippen molar-refractivity contribution in [2.24, 2.45) is 4.99 Å². The average molecular weight is 333 g/mol. The third kappa shape index (κ3) is 5.62. The maximum Gasteiger partial charge on any atom is 0.191 e. The van der Waals surface area contributed by atoms with Gasteiger partial charge in [-0.05, 0) is 50.8 Å². The van der Waals surface area contributed by atoms with E-state index in [1.165, 1.54) is 31.2 Å². The van der Waals surface area contributed by atoms with Crippen LogP contribution in [0.3, 0.4) is 0 Å². The van der Waals surface area contributed by atoms with Gasteiger partial charge in [0.2, 0.25) is 0 Å². The van der Waals surface area contributed by atoms with Crippen molar-refractivity contribution in [3.63, 3.8) is 0 Å². The van der Waals surface area contributed by atoms with E-state index in [-0.39, 0.29) is 0 Å². The monoisotopic (exact) mass is 333 g/mol. The first-order valence-corrected chi connectivity index (χ1v) is 9.12. The first-order chi connectivity index (χ1) is 11.8. The highest BCUT2D eigenvalue weighted by Gasteiger charge is 2.15. The molecule has 1 aromatic rings. The largest absolute Gasteiger partial charge is 0.490 e. The third-order valence-corrected chi connectivity index (χ3v) is 4.23. The highest BCUT2D eigenvalue weighted by molar-refractivity contribution is 5.79. The quantitative estimate of drug-likeness (QED) is 0.567. The molecule has 2 rings (SSSR count). The molecule has 1 saturated carbocycles. The highest BCUT2D eigenvalue weighted by atomic mass is 16.5. The molecule has 0 atom stereocenters. The Morgan fingerprint density at radius 3 is 2.50 bits per heavy atom. The Hall–Kier alpha value is -1.91. The minimum Gasteiger partial charge on any atom is -0.490 e. The Labute approximate surface area is 145 Å². The minimum atomic E-state index is 0.575. The van der Waals surface area contributed by atoms with Gasteiger partial charge in [0, 0.05) is 19.6 Å². The summed E-state index contributed by atoms with van der Waals surface area (Å²) in [6.45, 7) is 6.09. The SMILES string of the molecule is CCOc1ccc(CCNC(=NC)NC2CCCC2)cc1OCC. The van der Waals surface area contributed by atoms with E-state index in [0.717, 1.165) is 30.4 Å². The summed E-state index contributed by atoms with van der Waals surface area (Å²) in [4.78, 5) is 4.32. The summed E-state index contributed by atoms with van der Waals surface area (Å²) >= 11 is 0. The smallest absolute Gasteiger partial charge is 0.191 e. The predicted molar refractivity (Wildman–Crippen MR) is 99.2 cm³/mol. The van der Waals surface area contributed by atoms with Gasteiger partial charge in [-0.3, -0.25) is 4.99 Å². The summed E-state index contributed by atoms with van der Waals surface area (Å²) in [7, 11) is 1.83. The Bertz CT molecular complexity index is 525. The fourth-order valence-electron chi connectivity index (χ4n) is 3.03. The van der Waals surface area contributed by atoms with Crippen molar-refractivity contribution in [2.45, 2.75) is 52.0 Å². The molecule has 0 unspecified atom stereocenters. The van der Waals surface area contributed by atoms with Crippen LogP contribution in [0.15, 0.2) is 23.2 Å². The second-order valence-electron chi connectivity index (χ2n) is 6.02. The van der Waals surface area contributed by atoms with E-state index < -0.39 is 0 Å². The molecule has 2 N–H and O–H groups in total. The van der Waals surface area contributed by atoms with Crippen LogP contribution in [0.2, 0.25) is 0 Å². The van der Waals surface area contributed by atoms with Crippen LogP contribution < -0.4 is 20.1 Å². The van der Waals surface area contributed by atoms with Gasteiger partial charge in [0.05, 0.1) is 13.2 Å². The lowest BCUT2D eigenvalue weighted by Crippen LogP contribution is -2.42. The lowest BCUT2D eigenvalue weighted by atomic mass is 10.1. The van der Waals surface area contributed by atoms with Gasteiger partial charge in [-0.2, -0.15) is 0 Å². The summed E-state index contributed by atoms with van der Waals surface area (Å²) in [5, 5.41) is 6.91. The number of ether oxygens (including phenoxy) is 2. The Morgan fingerprint density at radius 1 is 1.12 bits per heavy atom. The van der Waals surface area contributed by atoms with Crippen LogP contribution in [0.5, 0.6) is 11.5 Å². The van der Waals surface area contributed by atoms with Crippen LogP contribution >= 0.6 is 0 Å². The van der Waals surface area contributed by atoms with Crippen molar-refractivity contribution in [3.05, 3.63) is 23.8 Å². The number of hydrogen-bond donors (Lipinski definition) is 2. The molecule has 1 aliphatic rings. The van der Waals surface area contributed by atoms with Gasteiger partial charge < -0.3 is 20.1 Å². The average Bonchev–Trinajstić information content (AvgIpc) is 3.09. The molecular weight excluding hydrogens is 302 g/mol. The third-order valence-electron chi connectivity index (χ3n) is 4.23. The van der Waals surface area contributed by atoms with Crippen LogP contribution in [-0.4, -0.2) is 38.8 Å². The van der Waals surface area contributed by atoms with Gasteiger partial charge in [0.1, 0.15) is 0 Å². The summed E-state index contributed by atoms with van der Waals surface area (Å²) in [5.41, 5.74) is 1.23. The predicted octanol–water partition coefficient (Wildman–Crippen LogP) is 3.13. The van der Waals surface area contributed by atoms with Crippen molar-refractivity contribution < 1.29 is 9.47 Å². The lowest BCUT2D eigenvalue weighted by Gasteiger charge is -2.17. The van der Waals surface area contributed by atoms with Crippen LogP contribution in [0.4, 0.5) is 0 Å². The van der Waals surface area contributed by atoms with Crippen LogP contribution in [-0.2, 0) is 6.42 Å². The zero-order valence-electron chi connectivity index (χ0n) is 15.2. The van der Waals surface area contributed by atoms with E-state index >= 15 is 0 Å². The summed E-state index contributed by atoms with van der Waals surface area (Å²) in [6, 6.07) is 6.74. The highest BCUT2D eigenvalue weighted by Crippen LogP contribution is 2.28. The summed E-state index contributed by atoms with van der Waals surface area (Å²) in [6.07, 6.45) is 6.05. The van der Waals surface area contributed by atoms with E-state index in [1.54, 1.807) is 0 Å². The molecule has 0 radical (unpaired) electrons. The van der Waals surface area contributed by atoms with E-state index in [1.807, 2.05) is 27.0 Å². The molecule has 0 spiro atoms. The van der Waals surface area contributed by atoms with Gasteiger partial charge in [-0.25, -0.2) is 0 Å². The van der Waals surface area contributed by atoms with Gasteiger partial charge in [-0.1, -0.05) is 18.9 Å². The molecule has 1 aliphatic carbocycles. The fourth-order valence-corrected chi connectivity index (χ4v) is 3.03. The lowest BCUT2D eigenvalue weighted by molar-refractivity contribution is 0.287. The maximum atomic E-state index is 5.69. The van der Waals surface area contributed by atoms with E-state index in [2.05, 4.69) is 27.8 Å². The van der Waals surface area contributed by atoms with E-state index in [0.29, 0.717) is 19.3 Å². The minimum absolute atomic E-state index is 0.575. The summed E-state index contributed by atoms with van der Waals surface area (Å²) in [5.74, 6) is 2.54. The molecule has 0 saturated heterocycles. The number of hydrogen-bond acceptors (Lipinski definition) is 3. The number of benzene rings is 1. The van der Waals surface area contributed by atoms with Crippen molar-refractivity contribution in [1.29, 1.82) is 0 Å².